The molecule has 6 heteroatoms. The molecule has 2 N–H and O–H groups in total. The summed E-state index contributed by atoms with van der Waals surface area (Å²) in [6, 6.07) is 12.7. The van der Waals surface area contributed by atoms with Crippen molar-refractivity contribution in [1.82, 2.24) is 15.2 Å². The van der Waals surface area contributed by atoms with Gasteiger partial charge in [-0.1, -0.05) is 44.0 Å². The average Bonchev–Trinajstić information content (AvgIpc) is 3.40. The molecule has 1 amide bonds. The fourth-order valence-corrected chi connectivity index (χ4v) is 6.54. The maximum Gasteiger partial charge on any atom is 0.239 e. The van der Waals surface area contributed by atoms with Crippen molar-refractivity contribution in [2.75, 3.05) is 7.05 Å². The third-order valence-corrected chi connectivity index (χ3v) is 8.38. The fraction of sp³-hybridized carbons (Fsp3) is 0.321. The lowest BCUT2D eigenvalue weighted by Gasteiger charge is -2.45. The van der Waals surface area contributed by atoms with Crippen LogP contribution in [0.3, 0.4) is 0 Å². The minimum Gasteiger partial charge on any atom is -0.345 e. The number of aromatic nitrogens is 1. The summed E-state index contributed by atoms with van der Waals surface area (Å²) in [7, 11) is 1.68. The molecule has 1 aliphatic heterocycles. The highest BCUT2D eigenvalue weighted by Gasteiger charge is 2.55. The van der Waals surface area contributed by atoms with Crippen LogP contribution in [0.15, 0.2) is 48.8 Å². The predicted octanol–water partition coefficient (Wildman–Crippen LogP) is 5.23. The summed E-state index contributed by atoms with van der Waals surface area (Å²) in [5.74, 6) is 6.17. The second kappa shape index (κ2) is 8.41. The molecule has 1 fully saturated rings. The summed E-state index contributed by atoms with van der Waals surface area (Å²) in [6.45, 7) is 6.16. The van der Waals surface area contributed by atoms with Crippen molar-refractivity contribution in [3.63, 3.8) is 0 Å². The minimum atomic E-state index is -0.619. The lowest BCUT2D eigenvalue weighted by Crippen LogP contribution is -2.62. The van der Waals surface area contributed by atoms with Gasteiger partial charge in [-0.3, -0.25) is 20.1 Å². The molecule has 5 nitrogen and oxygen atoms in total. The van der Waals surface area contributed by atoms with Crippen molar-refractivity contribution >= 4 is 23.2 Å². The van der Waals surface area contributed by atoms with Gasteiger partial charge in [-0.15, -0.1) is 17.3 Å². The van der Waals surface area contributed by atoms with E-state index >= 15 is 0 Å². The van der Waals surface area contributed by atoms with Gasteiger partial charge in [-0.05, 0) is 54.5 Å². The number of nitrogens with one attached hydrogen (secondary N) is 2. The van der Waals surface area contributed by atoms with E-state index < -0.39 is 11.5 Å². The highest BCUT2D eigenvalue weighted by Crippen LogP contribution is 2.53. The quantitative estimate of drug-likeness (QED) is 0.518. The lowest BCUT2D eigenvalue weighted by atomic mass is 9.75. The Morgan fingerprint density at radius 3 is 2.71 bits per heavy atom. The van der Waals surface area contributed by atoms with Gasteiger partial charge in [0.2, 0.25) is 5.91 Å². The molecule has 0 saturated carbocycles. The van der Waals surface area contributed by atoms with Crippen molar-refractivity contribution in [2.45, 2.75) is 51.0 Å². The molecule has 1 saturated heterocycles. The Morgan fingerprint density at radius 2 is 2.00 bits per heavy atom. The number of pyridine rings is 1. The van der Waals surface area contributed by atoms with Crippen LogP contribution in [0.2, 0.25) is 0 Å². The molecule has 2 aliphatic rings. The maximum absolute atomic E-state index is 13.6. The Labute approximate surface area is 204 Å². The smallest absolute Gasteiger partial charge is 0.239 e. The van der Waals surface area contributed by atoms with Gasteiger partial charge in [0.05, 0.1) is 11.5 Å². The Morgan fingerprint density at radius 1 is 1.24 bits per heavy atom. The number of hydrogen-bond acceptors (Lipinski definition) is 4. The monoisotopic (exact) mass is 468 g/mol. The largest absolute Gasteiger partial charge is 0.345 e. The molecule has 3 aromatic rings. The summed E-state index contributed by atoms with van der Waals surface area (Å²) >= 11 is 1.70. The van der Waals surface area contributed by atoms with E-state index in [-0.39, 0.29) is 11.9 Å². The van der Waals surface area contributed by atoms with E-state index in [0.29, 0.717) is 5.92 Å². The molecule has 0 bridgehead atoms. The summed E-state index contributed by atoms with van der Waals surface area (Å²) < 4.78 is 0. The molecule has 172 valence electrons. The van der Waals surface area contributed by atoms with Crippen molar-refractivity contribution in [3.05, 3.63) is 75.9 Å². The van der Waals surface area contributed by atoms with E-state index in [1.807, 2.05) is 13.1 Å². The second-order valence-corrected chi connectivity index (χ2v) is 10.5. The molecule has 1 spiro atoms. The number of likely N-dealkylation sites (N-methyl/N-ethyl adjacent to an activating group) is 1. The van der Waals surface area contributed by atoms with Gasteiger partial charge in [0.25, 0.3) is 0 Å². The van der Waals surface area contributed by atoms with Gasteiger partial charge in [0.1, 0.15) is 0 Å². The van der Waals surface area contributed by atoms with E-state index in [9.17, 15) is 4.79 Å². The van der Waals surface area contributed by atoms with Crippen LogP contribution < -0.4 is 5.32 Å². The van der Waals surface area contributed by atoms with Crippen molar-refractivity contribution in [1.29, 1.82) is 5.41 Å². The molecule has 2 unspecified atom stereocenters. The van der Waals surface area contributed by atoms with Crippen LogP contribution in [-0.4, -0.2) is 28.8 Å². The van der Waals surface area contributed by atoms with Gasteiger partial charge in [0, 0.05) is 40.3 Å². The first-order valence-corrected chi connectivity index (χ1v) is 12.4. The van der Waals surface area contributed by atoms with Crippen LogP contribution in [0.25, 0.3) is 10.4 Å². The van der Waals surface area contributed by atoms with Gasteiger partial charge < -0.3 is 5.32 Å². The maximum atomic E-state index is 13.6. The number of hydrogen-bond donors (Lipinski definition) is 2. The number of amides is 1. The zero-order valence-electron chi connectivity index (χ0n) is 19.9. The van der Waals surface area contributed by atoms with Gasteiger partial charge in [0.15, 0.2) is 5.96 Å². The molecular formula is C28H28N4OS. The number of thiophene rings is 1. The predicted molar refractivity (Wildman–Crippen MR) is 137 cm³/mol. The van der Waals surface area contributed by atoms with Crippen LogP contribution >= 0.6 is 11.3 Å². The van der Waals surface area contributed by atoms with Crippen LogP contribution in [0.1, 0.15) is 66.2 Å². The molecule has 3 heterocycles. The average molecular weight is 469 g/mol. The Bertz CT molecular complexity index is 1340. The van der Waals surface area contributed by atoms with E-state index in [1.54, 1.807) is 24.6 Å². The summed E-state index contributed by atoms with van der Waals surface area (Å²) in [4.78, 5) is 21.7. The summed E-state index contributed by atoms with van der Waals surface area (Å²) in [5.41, 5.74) is 4.79. The topological polar surface area (TPSA) is 69.1 Å². The number of nitrogens with zero attached hydrogens (tertiary/aromatic N) is 2. The number of aryl methyl sites for hydroxylation is 1. The molecule has 5 rings (SSSR count). The SMILES string of the molecule is CC#Cc1cncc(-c2cc3c(s2)C2(CC3)NC(=N)N(C)C(=O)C2c2ccc(C(C)C)cc2)c1. The number of carbonyl (C=O) groups excluding carboxylic acids is 1. The summed E-state index contributed by atoms with van der Waals surface area (Å²) in [5, 5.41) is 12.0. The molecule has 34 heavy (non-hydrogen) atoms. The lowest BCUT2D eigenvalue weighted by molar-refractivity contribution is -0.132. The van der Waals surface area contributed by atoms with E-state index in [4.69, 9.17) is 5.41 Å². The highest BCUT2D eigenvalue weighted by atomic mass is 32.1. The zero-order valence-corrected chi connectivity index (χ0v) is 20.7. The van der Waals surface area contributed by atoms with Crippen LogP contribution in [0.4, 0.5) is 0 Å². The molecule has 2 atom stereocenters. The van der Waals surface area contributed by atoms with Crippen LogP contribution in [-0.2, 0) is 16.8 Å². The molecule has 1 aliphatic carbocycles. The minimum absolute atomic E-state index is 0.0364. The first-order chi connectivity index (χ1) is 16.3. The summed E-state index contributed by atoms with van der Waals surface area (Å²) in [6.07, 6.45) is 5.29. The fourth-order valence-electron chi connectivity index (χ4n) is 5.14. The van der Waals surface area contributed by atoms with E-state index in [2.05, 4.69) is 72.4 Å². The molecule has 0 radical (unpaired) electrons. The highest BCUT2D eigenvalue weighted by molar-refractivity contribution is 7.16. The molecular weight excluding hydrogens is 440 g/mol. The third-order valence-electron chi connectivity index (χ3n) is 6.98. The van der Waals surface area contributed by atoms with E-state index in [0.717, 1.165) is 39.3 Å². The number of fused-ring (bicyclic) bond motifs is 2. The first-order valence-electron chi connectivity index (χ1n) is 11.6. The first kappa shape index (κ1) is 22.4. The van der Waals surface area contributed by atoms with Crippen molar-refractivity contribution in [2.24, 2.45) is 0 Å². The number of rotatable bonds is 3. The van der Waals surface area contributed by atoms with E-state index in [1.165, 1.54) is 16.0 Å². The van der Waals surface area contributed by atoms with Gasteiger partial charge in [-0.2, -0.15) is 0 Å². The normalized spacial score (nSPS) is 21.4. The Hall–Kier alpha value is -3.43. The standard InChI is InChI=1S/C28H28N4OS/c1-5-6-18-13-22(16-30-15-18)23-14-21-11-12-28(25(21)34-23)24(26(33)32(4)27(29)31-28)20-9-7-19(8-10-20)17(2)3/h7-10,13-17,24H,11-12H2,1-4H3,(H2,29,31). The Kier molecular flexibility index (Phi) is 5.53. The number of carbonyl (C=O) groups is 1. The van der Waals surface area contributed by atoms with Gasteiger partial charge >= 0.3 is 0 Å². The number of benzene rings is 1. The molecule has 1 aromatic carbocycles. The molecule has 2 aromatic heterocycles. The third kappa shape index (κ3) is 3.52. The Balaban J connectivity index is 1.62. The van der Waals surface area contributed by atoms with Crippen LogP contribution in [0.5, 0.6) is 0 Å². The second-order valence-electron chi connectivity index (χ2n) is 9.40. The van der Waals surface area contributed by atoms with Crippen molar-refractivity contribution in [3.8, 4) is 22.3 Å². The van der Waals surface area contributed by atoms with Crippen molar-refractivity contribution < 1.29 is 4.79 Å². The van der Waals surface area contributed by atoms with Gasteiger partial charge in [-0.25, -0.2) is 0 Å². The number of guanidine groups is 1. The zero-order chi connectivity index (χ0) is 24.0. The van der Waals surface area contributed by atoms with Crippen LogP contribution in [0, 0.1) is 17.3 Å².